The molecular weight excluding hydrogens is 334 g/mol. The Kier molecular flexibility index (Phi) is 3.76. The molecular formula is C15H14ClN5O3. The molecule has 0 aliphatic carbocycles. The molecule has 0 aliphatic rings. The third-order valence-corrected chi connectivity index (χ3v) is 4.22. The van der Waals surface area contributed by atoms with Crippen LogP contribution < -0.4 is 10.5 Å². The first kappa shape index (κ1) is 16.0. The fourth-order valence-electron chi connectivity index (χ4n) is 2.57. The lowest BCUT2D eigenvalue weighted by Gasteiger charge is -2.28. The summed E-state index contributed by atoms with van der Waals surface area (Å²) >= 11 is 6.06. The number of hydrogen-bond donors (Lipinski definition) is 2. The third kappa shape index (κ3) is 2.23. The zero-order chi connectivity index (χ0) is 17.5. The second-order valence-electron chi connectivity index (χ2n) is 5.31. The second-order valence-corrected chi connectivity index (χ2v) is 5.72. The number of ether oxygens (including phenoxy) is 1. The number of rotatable bonds is 4. The van der Waals surface area contributed by atoms with Gasteiger partial charge in [-0.3, -0.25) is 0 Å². The molecule has 124 valence electrons. The Balaban J connectivity index is 2.33. The number of aromatic nitrogens is 4. The van der Waals surface area contributed by atoms with Gasteiger partial charge in [-0.25, -0.2) is 19.4 Å². The summed E-state index contributed by atoms with van der Waals surface area (Å²) in [7, 11) is 1.44. The average Bonchev–Trinajstić information content (AvgIpc) is 2.98. The molecule has 3 rings (SSSR count). The van der Waals surface area contributed by atoms with E-state index in [0.29, 0.717) is 27.4 Å². The molecule has 3 N–H and O–H groups in total. The van der Waals surface area contributed by atoms with Crippen LogP contribution in [-0.4, -0.2) is 37.9 Å². The predicted octanol–water partition coefficient (Wildman–Crippen LogP) is 1.92. The molecule has 9 heteroatoms. The molecule has 8 nitrogen and oxygen atoms in total. The van der Waals surface area contributed by atoms with Gasteiger partial charge < -0.3 is 15.6 Å². The van der Waals surface area contributed by atoms with Gasteiger partial charge in [0.1, 0.15) is 12.1 Å². The largest absolute Gasteiger partial charge is 0.495 e. The van der Waals surface area contributed by atoms with Gasteiger partial charge in [0.15, 0.2) is 11.2 Å². The van der Waals surface area contributed by atoms with Crippen molar-refractivity contribution in [2.45, 2.75) is 12.5 Å². The maximum Gasteiger partial charge on any atom is 0.336 e. The number of nitrogens with two attached hydrogens (primary N) is 1. The van der Waals surface area contributed by atoms with Gasteiger partial charge in [0.05, 0.1) is 23.7 Å². The highest BCUT2D eigenvalue weighted by Gasteiger charge is 2.42. The van der Waals surface area contributed by atoms with Crippen molar-refractivity contribution in [2.24, 2.45) is 0 Å². The van der Waals surface area contributed by atoms with Gasteiger partial charge in [-0.15, -0.1) is 0 Å². The molecule has 0 radical (unpaired) electrons. The molecule has 0 amide bonds. The van der Waals surface area contributed by atoms with Crippen LogP contribution >= 0.6 is 11.6 Å². The Bertz CT molecular complexity index is 942. The van der Waals surface area contributed by atoms with Crippen molar-refractivity contribution >= 4 is 34.3 Å². The van der Waals surface area contributed by atoms with E-state index in [0.717, 1.165) is 0 Å². The normalized spacial score (nSPS) is 13.6. The number of halogens is 1. The SMILES string of the molecule is COc1cc(C(C)(C(=O)O)n2ncc3cncnc32)c(N)cc1Cl. The molecule has 0 fully saturated rings. The lowest BCUT2D eigenvalue weighted by molar-refractivity contribution is -0.144. The number of methoxy groups -OCH3 is 1. The number of carboxylic acid groups (broad SMARTS) is 1. The Morgan fingerprint density at radius 2 is 2.17 bits per heavy atom. The Morgan fingerprint density at radius 3 is 2.83 bits per heavy atom. The van der Waals surface area contributed by atoms with Crippen LogP contribution in [0.5, 0.6) is 5.75 Å². The van der Waals surface area contributed by atoms with E-state index in [1.807, 2.05) is 0 Å². The zero-order valence-electron chi connectivity index (χ0n) is 12.9. The van der Waals surface area contributed by atoms with Crippen LogP contribution in [0.4, 0.5) is 5.69 Å². The molecule has 1 atom stereocenters. The van der Waals surface area contributed by atoms with Gasteiger partial charge in [-0.05, 0) is 19.1 Å². The van der Waals surface area contributed by atoms with Crippen molar-refractivity contribution in [1.82, 2.24) is 19.7 Å². The van der Waals surface area contributed by atoms with Gasteiger partial charge in [0.2, 0.25) is 0 Å². The lowest BCUT2D eigenvalue weighted by Crippen LogP contribution is -2.41. The fourth-order valence-corrected chi connectivity index (χ4v) is 2.82. The van der Waals surface area contributed by atoms with Crippen LogP contribution in [0.25, 0.3) is 11.0 Å². The highest BCUT2D eigenvalue weighted by molar-refractivity contribution is 6.32. The van der Waals surface area contributed by atoms with E-state index < -0.39 is 11.5 Å². The average molecular weight is 348 g/mol. The number of benzene rings is 1. The van der Waals surface area contributed by atoms with Crippen molar-refractivity contribution in [3.8, 4) is 5.75 Å². The Labute approximate surface area is 141 Å². The highest BCUT2D eigenvalue weighted by Crippen LogP contribution is 2.38. The van der Waals surface area contributed by atoms with Crippen molar-refractivity contribution < 1.29 is 14.6 Å². The maximum absolute atomic E-state index is 12.2. The first-order valence-electron chi connectivity index (χ1n) is 6.90. The molecule has 2 aromatic heterocycles. The Morgan fingerprint density at radius 1 is 1.42 bits per heavy atom. The summed E-state index contributed by atoms with van der Waals surface area (Å²) < 4.78 is 6.48. The van der Waals surface area contributed by atoms with Crippen LogP contribution in [0.1, 0.15) is 12.5 Å². The topological polar surface area (TPSA) is 116 Å². The molecule has 0 bridgehead atoms. The van der Waals surface area contributed by atoms with E-state index in [2.05, 4.69) is 15.1 Å². The predicted molar refractivity (Wildman–Crippen MR) is 88.1 cm³/mol. The van der Waals surface area contributed by atoms with E-state index in [1.165, 1.54) is 43.4 Å². The number of anilines is 1. The summed E-state index contributed by atoms with van der Waals surface area (Å²) in [4.78, 5) is 20.2. The molecule has 0 spiro atoms. The van der Waals surface area contributed by atoms with Gasteiger partial charge in [0.25, 0.3) is 0 Å². The van der Waals surface area contributed by atoms with Crippen molar-refractivity contribution in [2.75, 3.05) is 12.8 Å². The summed E-state index contributed by atoms with van der Waals surface area (Å²) in [6.45, 7) is 1.49. The number of nitrogen functional groups attached to an aromatic ring is 1. The summed E-state index contributed by atoms with van der Waals surface area (Å²) in [6, 6.07) is 2.96. The summed E-state index contributed by atoms with van der Waals surface area (Å²) in [6.07, 6.45) is 4.38. The van der Waals surface area contributed by atoms with Crippen LogP contribution in [0.3, 0.4) is 0 Å². The minimum atomic E-state index is -1.61. The fraction of sp³-hybridized carbons (Fsp3) is 0.200. The minimum absolute atomic E-state index is 0.211. The number of carbonyl (C=O) groups is 1. The van der Waals surface area contributed by atoms with E-state index in [1.54, 1.807) is 6.20 Å². The van der Waals surface area contributed by atoms with Crippen molar-refractivity contribution in [1.29, 1.82) is 0 Å². The molecule has 1 aromatic carbocycles. The van der Waals surface area contributed by atoms with E-state index in [-0.39, 0.29) is 5.69 Å². The quantitative estimate of drug-likeness (QED) is 0.692. The number of hydrogen-bond acceptors (Lipinski definition) is 6. The van der Waals surface area contributed by atoms with Crippen LogP contribution in [-0.2, 0) is 10.3 Å². The first-order valence-corrected chi connectivity index (χ1v) is 7.28. The van der Waals surface area contributed by atoms with Gasteiger partial charge in [0, 0.05) is 17.4 Å². The smallest absolute Gasteiger partial charge is 0.336 e. The first-order chi connectivity index (χ1) is 11.4. The van der Waals surface area contributed by atoms with Crippen LogP contribution in [0.15, 0.2) is 30.9 Å². The van der Waals surface area contributed by atoms with E-state index in [9.17, 15) is 9.90 Å². The standard InChI is InChI=1S/C15H14ClN5O3/c1-15(14(22)23,9-3-12(24-2)10(16)4-11(9)17)21-13-8(6-20-21)5-18-7-19-13/h3-7H,17H2,1-2H3,(H,22,23). The van der Waals surface area contributed by atoms with Crippen molar-refractivity contribution in [3.63, 3.8) is 0 Å². The highest BCUT2D eigenvalue weighted by atomic mass is 35.5. The van der Waals surface area contributed by atoms with Crippen LogP contribution in [0.2, 0.25) is 5.02 Å². The summed E-state index contributed by atoms with van der Waals surface area (Å²) in [5.74, 6) is -0.832. The Hall–Kier alpha value is -2.87. The van der Waals surface area contributed by atoms with E-state index in [4.69, 9.17) is 22.1 Å². The van der Waals surface area contributed by atoms with Gasteiger partial charge in [-0.1, -0.05) is 11.6 Å². The number of aliphatic carboxylic acids is 1. The van der Waals surface area contributed by atoms with E-state index >= 15 is 0 Å². The molecule has 24 heavy (non-hydrogen) atoms. The molecule has 0 saturated heterocycles. The number of carboxylic acids is 1. The summed E-state index contributed by atoms with van der Waals surface area (Å²) in [5.41, 5.74) is 5.31. The zero-order valence-corrected chi connectivity index (χ0v) is 13.7. The lowest BCUT2D eigenvalue weighted by atomic mass is 9.90. The van der Waals surface area contributed by atoms with Crippen LogP contribution in [0, 0.1) is 0 Å². The number of fused-ring (bicyclic) bond motifs is 1. The van der Waals surface area contributed by atoms with Crippen molar-refractivity contribution in [3.05, 3.63) is 41.4 Å². The number of nitrogens with zero attached hydrogens (tertiary/aromatic N) is 4. The monoisotopic (exact) mass is 347 g/mol. The molecule has 2 heterocycles. The molecule has 0 aliphatic heterocycles. The molecule has 1 unspecified atom stereocenters. The third-order valence-electron chi connectivity index (χ3n) is 3.92. The van der Waals surface area contributed by atoms with Gasteiger partial charge in [-0.2, -0.15) is 5.10 Å². The van der Waals surface area contributed by atoms with Gasteiger partial charge >= 0.3 is 5.97 Å². The summed E-state index contributed by atoms with van der Waals surface area (Å²) in [5, 5.41) is 15.0. The second kappa shape index (κ2) is 5.64. The minimum Gasteiger partial charge on any atom is -0.495 e. The molecule has 3 aromatic rings. The molecule has 0 saturated carbocycles. The maximum atomic E-state index is 12.2.